The summed E-state index contributed by atoms with van der Waals surface area (Å²) in [5.41, 5.74) is 1.26. The third-order valence-corrected chi connectivity index (χ3v) is 2.91. The molecular formula is C12H17N3. The summed E-state index contributed by atoms with van der Waals surface area (Å²) in [5.74, 6) is 0. The van der Waals surface area contributed by atoms with Crippen LogP contribution in [0.25, 0.3) is 10.9 Å². The number of hydrogen-bond donors (Lipinski definition) is 0. The van der Waals surface area contributed by atoms with Gasteiger partial charge in [0.05, 0.1) is 5.52 Å². The van der Waals surface area contributed by atoms with Crippen LogP contribution in [0.2, 0.25) is 0 Å². The highest BCUT2D eigenvalue weighted by molar-refractivity contribution is 5.78. The van der Waals surface area contributed by atoms with Crippen molar-refractivity contribution < 1.29 is 0 Å². The fraction of sp³-hybridized carbons (Fsp3) is 0.417. The molecule has 0 N–H and O–H groups in total. The first-order chi connectivity index (χ1) is 7.18. The molecule has 0 bridgehead atoms. The molecule has 80 valence electrons. The molecule has 2 aromatic heterocycles. The van der Waals surface area contributed by atoms with Crippen LogP contribution >= 0.6 is 0 Å². The summed E-state index contributed by atoms with van der Waals surface area (Å²) in [6.45, 7) is 3.24. The Bertz CT molecular complexity index is 445. The highest BCUT2D eigenvalue weighted by atomic mass is 15.1. The lowest BCUT2D eigenvalue weighted by Crippen LogP contribution is -2.28. The number of aromatic nitrogens is 2. The van der Waals surface area contributed by atoms with Gasteiger partial charge in [0.2, 0.25) is 0 Å². The van der Waals surface area contributed by atoms with E-state index in [0.717, 1.165) is 6.54 Å². The van der Waals surface area contributed by atoms with Gasteiger partial charge in [-0.25, -0.2) is 0 Å². The highest BCUT2D eigenvalue weighted by Crippen LogP contribution is 2.14. The maximum absolute atomic E-state index is 4.12. The van der Waals surface area contributed by atoms with Gasteiger partial charge < -0.3 is 9.47 Å². The number of pyridine rings is 1. The summed E-state index contributed by atoms with van der Waals surface area (Å²) in [4.78, 5) is 6.35. The van der Waals surface area contributed by atoms with E-state index in [1.165, 1.54) is 10.9 Å². The summed E-state index contributed by atoms with van der Waals surface area (Å²) in [5, 5.41) is 1.21. The maximum Gasteiger partial charge on any atom is 0.0511 e. The average Bonchev–Trinajstić information content (AvgIpc) is 2.62. The van der Waals surface area contributed by atoms with Gasteiger partial charge in [0.1, 0.15) is 0 Å². The first-order valence-electron chi connectivity index (χ1n) is 5.24. The molecule has 0 fully saturated rings. The lowest BCUT2D eigenvalue weighted by atomic mass is 10.3. The molecule has 0 radical (unpaired) electrons. The second-order valence-corrected chi connectivity index (χ2v) is 4.22. The van der Waals surface area contributed by atoms with E-state index in [0.29, 0.717) is 6.04 Å². The monoisotopic (exact) mass is 203 g/mol. The quantitative estimate of drug-likeness (QED) is 0.760. The summed E-state index contributed by atoms with van der Waals surface area (Å²) >= 11 is 0. The van der Waals surface area contributed by atoms with E-state index in [9.17, 15) is 0 Å². The molecule has 0 saturated heterocycles. The first-order valence-corrected chi connectivity index (χ1v) is 5.24. The van der Waals surface area contributed by atoms with Crippen molar-refractivity contribution in [2.75, 3.05) is 14.1 Å². The molecule has 2 heterocycles. The minimum atomic E-state index is 0.536. The van der Waals surface area contributed by atoms with Gasteiger partial charge in [-0.15, -0.1) is 0 Å². The molecule has 1 atom stereocenters. The van der Waals surface area contributed by atoms with E-state index in [4.69, 9.17) is 0 Å². The molecule has 0 aliphatic carbocycles. The fourth-order valence-corrected chi connectivity index (χ4v) is 1.65. The zero-order valence-electron chi connectivity index (χ0n) is 9.51. The van der Waals surface area contributed by atoms with Crippen molar-refractivity contribution in [3.05, 3.63) is 30.7 Å². The normalized spacial score (nSPS) is 13.6. The van der Waals surface area contributed by atoms with Crippen molar-refractivity contribution >= 4 is 10.9 Å². The van der Waals surface area contributed by atoms with Crippen molar-refractivity contribution in [2.24, 2.45) is 0 Å². The lowest BCUT2D eigenvalue weighted by Gasteiger charge is -2.20. The molecule has 0 saturated carbocycles. The Kier molecular flexibility index (Phi) is 2.73. The van der Waals surface area contributed by atoms with Gasteiger partial charge in [-0.05, 0) is 33.2 Å². The average molecular weight is 203 g/mol. The van der Waals surface area contributed by atoms with Crippen molar-refractivity contribution in [3.63, 3.8) is 0 Å². The van der Waals surface area contributed by atoms with Gasteiger partial charge in [-0.2, -0.15) is 0 Å². The zero-order valence-corrected chi connectivity index (χ0v) is 9.51. The van der Waals surface area contributed by atoms with Crippen LogP contribution in [0.1, 0.15) is 6.92 Å². The third-order valence-electron chi connectivity index (χ3n) is 2.91. The Hall–Kier alpha value is -1.35. The SMILES string of the molecule is CC(Cn1ccc2cnccc21)N(C)C. The van der Waals surface area contributed by atoms with Crippen LogP contribution < -0.4 is 0 Å². The standard InChI is InChI=1S/C12H17N3/c1-10(14(2)3)9-15-7-5-11-8-13-6-4-12(11)15/h4-8,10H,9H2,1-3H3. The van der Waals surface area contributed by atoms with E-state index in [1.54, 1.807) is 0 Å². The minimum absolute atomic E-state index is 0.536. The maximum atomic E-state index is 4.12. The number of rotatable bonds is 3. The van der Waals surface area contributed by atoms with Crippen molar-refractivity contribution in [2.45, 2.75) is 19.5 Å². The second kappa shape index (κ2) is 4.03. The van der Waals surface area contributed by atoms with Crippen LogP contribution in [0, 0.1) is 0 Å². The second-order valence-electron chi connectivity index (χ2n) is 4.22. The predicted molar refractivity (Wildman–Crippen MR) is 62.9 cm³/mol. The van der Waals surface area contributed by atoms with E-state index in [2.05, 4.69) is 53.8 Å². The van der Waals surface area contributed by atoms with E-state index >= 15 is 0 Å². The van der Waals surface area contributed by atoms with Gasteiger partial charge in [-0.1, -0.05) is 0 Å². The van der Waals surface area contributed by atoms with Crippen LogP contribution in [-0.2, 0) is 6.54 Å². The Morgan fingerprint density at radius 1 is 1.40 bits per heavy atom. The number of fused-ring (bicyclic) bond motifs is 1. The summed E-state index contributed by atoms with van der Waals surface area (Å²) in [6.07, 6.45) is 5.89. The molecule has 2 aromatic rings. The molecular weight excluding hydrogens is 186 g/mol. The molecule has 0 aromatic carbocycles. The molecule has 3 nitrogen and oxygen atoms in total. The van der Waals surface area contributed by atoms with Gasteiger partial charge in [-0.3, -0.25) is 4.98 Å². The van der Waals surface area contributed by atoms with E-state index in [1.807, 2.05) is 12.4 Å². The van der Waals surface area contributed by atoms with Crippen LogP contribution in [0.5, 0.6) is 0 Å². The Morgan fingerprint density at radius 3 is 2.93 bits per heavy atom. The Balaban J connectivity index is 2.29. The third kappa shape index (κ3) is 2.02. The highest BCUT2D eigenvalue weighted by Gasteiger charge is 2.07. The topological polar surface area (TPSA) is 21.1 Å². The zero-order chi connectivity index (χ0) is 10.8. The van der Waals surface area contributed by atoms with Crippen molar-refractivity contribution in [1.82, 2.24) is 14.5 Å². The van der Waals surface area contributed by atoms with Crippen molar-refractivity contribution in [1.29, 1.82) is 0 Å². The van der Waals surface area contributed by atoms with Gasteiger partial charge in [0.25, 0.3) is 0 Å². The largest absolute Gasteiger partial charge is 0.346 e. The Morgan fingerprint density at radius 2 is 2.20 bits per heavy atom. The van der Waals surface area contributed by atoms with E-state index in [-0.39, 0.29) is 0 Å². The van der Waals surface area contributed by atoms with Gasteiger partial charge in [0.15, 0.2) is 0 Å². The molecule has 15 heavy (non-hydrogen) atoms. The van der Waals surface area contributed by atoms with E-state index < -0.39 is 0 Å². The molecule has 0 spiro atoms. The number of hydrogen-bond acceptors (Lipinski definition) is 2. The van der Waals surface area contributed by atoms with Crippen LogP contribution in [-0.4, -0.2) is 34.6 Å². The summed E-state index contributed by atoms with van der Waals surface area (Å²) in [6, 6.07) is 4.72. The van der Waals surface area contributed by atoms with Gasteiger partial charge >= 0.3 is 0 Å². The molecule has 2 rings (SSSR count). The van der Waals surface area contributed by atoms with Gasteiger partial charge in [0, 0.05) is 36.6 Å². The smallest absolute Gasteiger partial charge is 0.0511 e. The molecule has 0 aliphatic heterocycles. The number of nitrogens with zero attached hydrogens (tertiary/aromatic N) is 3. The molecule has 1 unspecified atom stereocenters. The molecule has 0 amide bonds. The summed E-state index contributed by atoms with van der Waals surface area (Å²) < 4.78 is 2.28. The fourth-order valence-electron chi connectivity index (χ4n) is 1.65. The number of likely N-dealkylation sites (N-methyl/N-ethyl adjacent to an activating group) is 1. The molecule has 0 aliphatic rings. The van der Waals surface area contributed by atoms with Crippen LogP contribution in [0.4, 0.5) is 0 Å². The van der Waals surface area contributed by atoms with Crippen LogP contribution in [0.15, 0.2) is 30.7 Å². The lowest BCUT2D eigenvalue weighted by molar-refractivity contribution is 0.286. The minimum Gasteiger partial charge on any atom is -0.346 e. The van der Waals surface area contributed by atoms with Crippen molar-refractivity contribution in [3.8, 4) is 0 Å². The van der Waals surface area contributed by atoms with Crippen LogP contribution in [0.3, 0.4) is 0 Å². The summed E-state index contributed by atoms with van der Waals surface area (Å²) in [7, 11) is 4.22. The Labute approximate surface area is 90.3 Å². The molecule has 3 heteroatoms. The predicted octanol–water partition coefficient (Wildman–Crippen LogP) is 1.99. The first kappa shape index (κ1) is 10.2.